The van der Waals surface area contributed by atoms with Gasteiger partial charge in [-0.2, -0.15) is 0 Å². The van der Waals surface area contributed by atoms with Gasteiger partial charge in [-0.3, -0.25) is 4.79 Å². The number of carbonyl (C=O) groups excluding carboxylic acids is 1. The molecule has 182 valence electrons. The Labute approximate surface area is 208 Å². The minimum Gasteiger partial charge on any atom is -0.493 e. The second-order valence-corrected chi connectivity index (χ2v) is 9.31. The summed E-state index contributed by atoms with van der Waals surface area (Å²) in [6, 6.07) is 26.1. The summed E-state index contributed by atoms with van der Waals surface area (Å²) in [5.74, 6) is 2.30. The first kappa shape index (κ1) is 24.5. The highest BCUT2D eigenvalue weighted by Crippen LogP contribution is 2.26. The molecule has 1 unspecified atom stereocenters. The fourth-order valence-electron chi connectivity index (χ4n) is 4.44. The van der Waals surface area contributed by atoms with Crippen molar-refractivity contribution in [3.05, 3.63) is 95.8 Å². The number of hydrogen-bond acceptors (Lipinski definition) is 3. The molecule has 0 saturated heterocycles. The quantitative estimate of drug-likeness (QED) is 0.257. The second kappa shape index (κ2) is 11.7. The third-order valence-electron chi connectivity index (χ3n) is 6.23. The first-order valence-corrected chi connectivity index (χ1v) is 12.5. The molecule has 35 heavy (non-hydrogen) atoms. The normalized spacial score (nSPS) is 12.1. The monoisotopic (exact) mass is 469 g/mol. The SMILES string of the molecule is CC(C)c1ccccc1OCCCCn1c(C(C)NC(=O)Cc2ccccc2)nc2ccccc21. The van der Waals surface area contributed by atoms with Gasteiger partial charge in [-0.05, 0) is 55.0 Å². The highest BCUT2D eigenvalue weighted by atomic mass is 16.5. The Hall–Kier alpha value is -3.60. The molecular formula is C30H35N3O2. The number of carbonyl (C=O) groups is 1. The summed E-state index contributed by atoms with van der Waals surface area (Å²) in [4.78, 5) is 17.5. The van der Waals surface area contributed by atoms with Crippen LogP contribution in [0.2, 0.25) is 0 Å². The number of para-hydroxylation sites is 3. The maximum absolute atomic E-state index is 12.7. The number of rotatable bonds is 11. The molecule has 4 aromatic rings. The van der Waals surface area contributed by atoms with Gasteiger partial charge in [-0.25, -0.2) is 4.98 Å². The van der Waals surface area contributed by atoms with Gasteiger partial charge in [0.15, 0.2) is 0 Å². The average molecular weight is 470 g/mol. The second-order valence-electron chi connectivity index (χ2n) is 9.31. The number of imidazole rings is 1. The Bertz CT molecular complexity index is 1250. The first-order valence-electron chi connectivity index (χ1n) is 12.5. The number of benzene rings is 3. The molecule has 1 N–H and O–H groups in total. The molecule has 3 aromatic carbocycles. The Morgan fingerprint density at radius 1 is 0.914 bits per heavy atom. The molecule has 4 rings (SSSR count). The lowest BCUT2D eigenvalue weighted by Gasteiger charge is -2.17. The predicted molar refractivity (Wildman–Crippen MR) is 142 cm³/mol. The summed E-state index contributed by atoms with van der Waals surface area (Å²) in [5, 5.41) is 3.14. The van der Waals surface area contributed by atoms with E-state index in [-0.39, 0.29) is 11.9 Å². The Morgan fingerprint density at radius 2 is 1.63 bits per heavy atom. The fourth-order valence-corrected chi connectivity index (χ4v) is 4.44. The van der Waals surface area contributed by atoms with Crippen LogP contribution >= 0.6 is 0 Å². The zero-order valence-corrected chi connectivity index (χ0v) is 20.9. The van der Waals surface area contributed by atoms with Crippen LogP contribution in [0.15, 0.2) is 78.9 Å². The maximum atomic E-state index is 12.7. The summed E-state index contributed by atoms with van der Waals surface area (Å²) >= 11 is 0. The van der Waals surface area contributed by atoms with Gasteiger partial charge in [0.25, 0.3) is 0 Å². The van der Waals surface area contributed by atoms with E-state index in [0.29, 0.717) is 18.9 Å². The number of aryl methyl sites for hydroxylation is 1. The van der Waals surface area contributed by atoms with Crippen LogP contribution in [0.5, 0.6) is 5.75 Å². The number of unbranched alkanes of at least 4 members (excludes halogenated alkanes) is 1. The number of hydrogen-bond donors (Lipinski definition) is 1. The fraction of sp³-hybridized carbons (Fsp3) is 0.333. The largest absolute Gasteiger partial charge is 0.493 e. The molecule has 0 bridgehead atoms. The molecule has 5 heteroatoms. The Balaban J connectivity index is 1.39. The van der Waals surface area contributed by atoms with Crippen molar-refractivity contribution in [2.24, 2.45) is 0 Å². The molecule has 0 aliphatic carbocycles. The molecule has 0 fully saturated rings. The molecule has 0 spiro atoms. The average Bonchev–Trinajstić information content (AvgIpc) is 3.23. The smallest absolute Gasteiger partial charge is 0.224 e. The molecule has 0 aliphatic heterocycles. The topological polar surface area (TPSA) is 56.1 Å². The van der Waals surface area contributed by atoms with Gasteiger partial charge in [0.05, 0.1) is 30.1 Å². The number of nitrogens with one attached hydrogen (secondary N) is 1. The summed E-state index contributed by atoms with van der Waals surface area (Å²) in [5.41, 5.74) is 4.30. The summed E-state index contributed by atoms with van der Waals surface area (Å²) in [6.45, 7) is 7.88. The first-order chi connectivity index (χ1) is 17.0. The van der Waals surface area contributed by atoms with E-state index < -0.39 is 0 Å². The van der Waals surface area contributed by atoms with Crippen molar-refractivity contribution in [2.45, 2.75) is 58.5 Å². The molecule has 0 aliphatic rings. The van der Waals surface area contributed by atoms with E-state index >= 15 is 0 Å². The van der Waals surface area contributed by atoms with Gasteiger partial charge < -0.3 is 14.6 Å². The van der Waals surface area contributed by atoms with E-state index in [0.717, 1.165) is 47.6 Å². The third kappa shape index (κ3) is 6.30. The summed E-state index contributed by atoms with van der Waals surface area (Å²) in [6.07, 6.45) is 2.26. The Kier molecular flexibility index (Phi) is 8.19. The van der Waals surface area contributed by atoms with E-state index in [2.05, 4.69) is 48.0 Å². The maximum Gasteiger partial charge on any atom is 0.224 e. The zero-order chi connectivity index (χ0) is 24.6. The van der Waals surface area contributed by atoms with Gasteiger partial charge >= 0.3 is 0 Å². The van der Waals surface area contributed by atoms with E-state index in [1.54, 1.807) is 0 Å². The van der Waals surface area contributed by atoms with E-state index in [1.807, 2.05) is 61.5 Å². The number of ether oxygens (including phenoxy) is 1. The van der Waals surface area contributed by atoms with Crippen LogP contribution in [-0.2, 0) is 17.8 Å². The lowest BCUT2D eigenvalue weighted by Crippen LogP contribution is -2.30. The standard InChI is InChI=1S/C30H35N3O2/c1-22(2)25-15-7-10-18-28(25)35-20-12-11-19-33-27-17-9-8-16-26(27)32-30(33)23(3)31-29(34)21-24-13-5-4-6-14-24/h4-10,13-18,22-23H,11-12,19-21H2,1-3H3,(H,31,34). The number of amides is 1. The summed E-state index contributed by atoms with van der Waals surface area (Å²) < 4.78 is 8.35. The van der Waals surface area contributed by atoms with Crippen LogP contribution in [0, 0.1) is 0 Å². The molecule has 0 saturated carbocycles. The minimum atomic E-state index is -0.187. The van der Waals surface area contributed by atoms with Crippen molar-refractivity contribution in [2.75, 3.05) is 6.61 Å². The molecule has 1 amide bonds. The van der Waals surface area contributed by atoms with Gasteiger partial charge in [0.2, 0.25) is 5.91 Å². The van der Waals surface area contributed by atoms with Crippen LogP contribution in [0.4, 0.5) is 0 Å². The summed E-state index contributed by atoms with van der Waals surface area (Å²) in [7, 11) is 0. The van der Waals surface area contributed by atoms with Crippen molar-refractivity contribution in [1.29, 1.82) is 0 Å². The minimum absolute atomic E-state index is 0.000441. The molecule has 1 aromatic heterocycles. The van der Waals surface area contributed by atoms with Crippen LogP contribution in [0.25, 0.3) is 11.0 Å². The van der Waals surface area contributed by atoms with Crippen molar-refractivity contribution in [1.82, 2.24) is 14.9 Å². The number of nitrogens with zero attached hydrogens (tertiary/aromatic N) is 2. The zero-order valence-electron chi connectivity index (χ0n) is 20.9. The third-order valence-corrected chi connectivity index (χ3v) is 6.23. The van der Waals surface area contributed by atoms with E-state index in [9.17, 15) is 4.79 Å². The lowest BCUT2D eigenvalue weighted by atomic mass is 10.0. The van der Waals surface area contributed by atoms with Crippen molar-refractivity contribution in [3.63, 3.8) is 0 Å². The van der Waals surface area contributed by atoms with Crippen LogP contribution < -0.4 is 10.1 Å². The van der Waals surface area contributed by atoms with Gasteiger partial charge in [-0.1, -0.05) is 74.5 Å². The number of fused-ring (bicyclic) bond motifs is 1. The molecule has 1 atom stereocenters. The van der Waals surface area contributed by atoms with Crippen LogP contribution in [0.1, 0.15) is 62.5 Å². The van der Waals surface area contributed by atoms with E-state index in [4.69, 9.17) is 9.72 Å². The van der Waals surface area contributed by atoms with Crippen molar-refractivity contribution in [3.8, 4) is 5.75 Å². The number of aromatic nitrogens is 2. The highest BCUT2D eigenvalue weighted by Gasteiger charge is 2.18. The Morgan fingerprint density at radius 3 is 2.43 bits per heavy atom. The van der Waals surface area contributed by atoms with Crippen LogP contribution in [-0.4, -0.2) is 22.1 Å². The molecule has 5 nitrogen and oxygen atoms in total. The van der Waals surface area contributed by atoms with Gasteiger partial charge in [0, 0.05) is 6.54 Å². The van der Waals surface area contributed by atoms with Crippen LogP contribution in [0.3, 0.4) is 0 Å². The molecule has 0 radical (unpaired) electrons. The molecular weight excluding hydrogens is 434 g/mol. The lowest BCUT2D eigenvalue weighted by molar-refractivity contribution is -0.121. The van der Waals surface area contributed by atoms with E-state index in [1.165, 1.54) is 5.56 Å². The molecule has 1 heterocycles. The highest BCUT2D eigenvalue weighted by molar-refractivity contribution is 5.79. The van der Waals surface area contributed by atoms with Gasteiger partial charge in [-0.15, -0.1) is 0 Å². The van der Waals surface area contributed by atoms with Crippen molar-refractivity contribution >= 4 is 16.9 Å². The van der Waals surface area contributed by atoms with Crippen molar-refractivity contribution < 1.29 is 9.53 Å². The predicted octanol–water partition coefficient (Wildman–Crippen LogP) is 6.44. The van der Waals surface area contributed by atoms with Gasteiger partial charge in [0.1, 0.15) is 11.6 Å².